The molecule has 0 heterocycles. The summed E-state index contributed by atoms with van der Waals surface area (Å²) in [6.45, 7) is 4.53. The van der Waals surface area contributed by atoms with Crippen molar-refractivity contribution in [3.8, 4) is 0 Å². The van der Waals surface area contributed by atoms with Gasteiger partial charge in [0, 0.05) is 17.1 Å². The summed E-state index contributed by atoms with van der Waals surface area (Å²) in [6, 6.07) is 5.39. The Morgan fingerprint density at radius 2 is 2.40 bits per heavy atom. The summed E-state index contributed by atoms with van der Waals surface area (Å²) < 4.78 is 13.9. The van der Waals surface area contributed by atoms with Gasteiger partial charge in [0.25, 0.3) is 0 Å². The number of hydrogen-bond acceptors (Lipinski definition) is 1. The molecule has 1 aromatic carbocycles. The molecule has 0 saturated heterocycles. The van der Waals surface area contributed by atoms with Gasteiger partial charge in [0.2, 0.25) is 0 Å². The van der Waals surface area contributed by atoms with Crippen molar-refractivity contribution in [3.05, 3.63) is 46.2 Å². The number of benzene rings is 1. The van der Waals surface area contributed by atoms with Crippen LogP contribution in [0.5, 0.6) is 0 Å². The van der Waals surface area contributed by atoms with E-state index in [9.17, 15) is 4.39 Å². The first kappa shape index (κ1) is 10.8. The van der Waals surface area contributed by atoms with E-state index in [0.29, 0.717) is 6.04 Å². The van der Waals surface area contributed by atoms with E-state index in [1.807, 2.05) is 6.07 Å². The lowest BCUT2D eigenvalue weighted by Crippen LogP contribution is -2.20. The monoisotopic (exact) mass is 269 g/mol. The Labute approximate surface area is 97.5 Å². The first-order valence-electron chi connectivity index (χ1n) is 5.02. The first-order valence-corrected chi connectivity index (χ1v) is 5.81. The van der Waals surface area contributed by atoms with Crippen molar-refractivity contribution >= 4 is 15.9 Å². The number of hydrogen-bond donors (Lipinski definition) is 1. The van der Waals surface area contributed by atoms with Crippen LogP contribution < -0.4 is 5.32 Å². The molecule has 1 aromatic rings. The van der Waals surface area contributed by atoms with Crippen LogP contribution in [-0.4, -0.2) is 6.54 Å². The van der Waals surface area contributed by atoms with Crippen LogP contribution in [-0.2, 0) is 6.42 Å². The summed E-state index contributed by atoms with van der Waals surface area (Å²) in [5, 5.41) is 3.39. The number of aryl methyl sites for hydroxylation is 1. The van der Waals surface area contributed by atoms with Crippen molar-refractivity contribution in [2.45, 2.75) is 18.9 Å². The van der Waals surface area contributed by atoms with Gasteiger partial charge < -0.3 is 5.32 Å². The highest BCUT2D eigenvalue weighted by molar-refractivity contribution is 9.11. The molecular weight excluding hydrogens is 257 g/mol. The second kappa shape index (κ2) is 4.45. The maximum absolute atomic E-state index is 13.0. The van der Waals surface area contributed by atoms with E-state index in [1.54, 1.807) is 6.07 Å². The number of fused-ring (bicyclic) bond motifs is 1. The standard InChI is InChI=1S/C12H13BrFN/c1-8(13)7-15-12-5-2-9-6-10(14)3-4-11(9)12/h3-4,6,12,15H,1-2,5,7H2. The molecular formula is C12H13BrFN. The van der Waals surface area contributed by atoms with Gasteiger partial charge in [-0.1, -0.05) is 28.6 Å². The molecule has 15 heavy (non-hydrogen) atoms. The maximum atomic E-state index is 13.0. The van der Waals surface area contributed by atoms with Crippen LogP contribution >= 0.6 is 15.9 Å². The fourth-order valence-electron chi connectivity index (χ4n) is 2.03. The second-order valence-corrected chi connectivity index (χ2v) is 4.95. The third-order valence-electron chi connectivity index (χ3n) is 2.72. The largest absolute Gasteiger partial charge is 0.305 e. The van der Waals surface area contributed by atoms with Gasteiger partial charge in [-0.3, -0.25) is 0 Å². The Kier molecular flexibility index (Phi) is 3.22. The average molecular weight is 270 g/mol. The van der Waals surface area contributed by atoms with Crippen LogP contribution in [0.15, 0.2) is 29.3 Å². The molecule has 0 aliphatic heterocycles. The minimum atomic E-state index is -0.140. The summed E-state index contributed by atoms with van der Waals surface area (Å²) in [7, 11) is 0. The Morgan fingerprint density at radius 1 is 1.60 bits per heavy atom. The molecule has 0 fully saturated rings. The zero-order valence-electron chi connectivity index (χ0n) is 8.39. The normalized spacial score (nSPS) is 18.9. The molecule has 1 atom stereocenters. The molecule has 1 nitrogen and oxygen atoms in total. The smallest absolute Gasteiger partial charge is 0.123 e. The highest BCUT2D eigenvalue weighted by Crippen LogP contribution is 2.31. The minimum Gasteiger partial charge on any atom is -0.305 e. The van der Waals surface area contributed by atoms with Crippen molar-refractivity contribution < 1.29 is 4.39 Å². The Balaban J connectivity index is 2.11. The lowest BCUT2D eigenvalue weighted by atomic mass is 10.1. The van der Waals surface area contributed by atoms with Crippen molar-refractivity contribution in [1.82, 2.24) is 5.32 Å². The van der Waals surface area contributed by atoms with Crippen LogP contribution in [0.1, 0.15) is 23.6 Å². The summed E-state index contributed by atoms with van der Waals surface area (Å²) in [5.74, 6) is -0.140. The van der Waals surface area contributed by atoms with Gasteiger partial charge in [0.15, 0.2) is 0 Å². The van der Waals surface area contributed by atoms with Gasteiger partial charge in [-0.2, -0.15) is 0 Å². The lowest BCUT2D eigenvalue weighted by Gasteiger charge is -2.13. The van der Waals surface area contributed by atoms with Crippen molar-refractivity contribution in [2.24, 2.45) is 0 Å². The van der Waals surface area contributed by atoms with Gasteiger partial charge in [-0.15, -0.1) is 0 Å². The number of rotatable bonds is 3. The third-order valence-corrected chi connectivity index (χ3v) is 3.00. The topological polar surface area (TPSA) is 12.0 Å². The molecule has 0 amide bonds. The molecule has 3 heteroatoms. The van der Waals surface area contributed by atoms with E-state index >= 15 is 0 Å². The number of halogens is 2. The SMILES string of the molecule is C=C(Br)CNC1CCc2cc(F)ccc21. The Bertz CT molecular complexity index is 389. The van der Waals surface area contributed by atoms with Crippen LogP contribution in [0.3, 0.4) is 0 Å². The Hall–Kier alpha value is -0.670. The van der Waals surface area contributed by atoms with Crippen LogP contribution in [0.4, 0.5) is 4.39 Å². The molecule has 1 unspecified atom stereocenters. The van der Waals surface area contributed by atoms with Gasteiger partial charge >= 0.3 is 0 Å². The molecule has 0 bridgehead atoms. The highest BCUT2D eigenvalue weighted by atomic mass is 79.9. The highest BCUT2D eigenvalue weighted by Gasteiger charge is 2.21. The van der Waals surface area contributed by atoms with Crippen LogP contribution in [0.25, 0.3) is 0 Å². The van der Waals surface area contributed by atoms with Crippen molar-refractivity contribution in [2.75, 3.05) is 6.54 Å². The summed E-state index contributed by atoms with van der Waals surface area (Å²) >= 11 is 3.32. The molecule has 0 aromatic heterocycles. The number of nitrogens with one attached hydrogen (secondary N) is 1. The van der Waals surface area contributed by atoms with Gasteiger partial charge in [-0.05, 0) is 36.1 Å². The molecule has 1 aliphatic rings. The fraction of sp³-hybridized carbons (Fsp3) is 0.333. The summed E-state index contributed by atoms with van der Waals surface area (Å²) in [4.78, 5) is 0. The van der Waals surface area contributed by atoms with Crippen molar-refractivity contribution in [3.63, 3.8) is 0 Å². The zero-order valence-corrected chi connectivity index (χ0v) is 9.98. The zero-order chi connectivity index (χ0) is 10.8. The fourth-order valence-corrected chi connectivity index (χ4v) is 2.19. The van der Waals surface area contributed by atoms with Gasteiger partial charge in [0.05, 0.1) is 0 Å². The van der Waals surface area contributed by atoms with E-state index in [1.165, 1.54) is 11.6 Å². The van der Waals surface area contributed by atoms with E-state index < -0.39 is 0 Å². The Morgan fingerprint density at radius 3 is 3.13 bits per heavy atom. The molecule has 1 aliphatic carbocycles. The molecule has 0 saturated carbocycles. The quantitative estimate of drug-likeness (QED) is 0.888. The summed E-state index contributed by atoms with van der Waals surface area (Å²) in [6.07, 6.45) is 2.00. The average Bonchev–Trinajstić information content (AvgIpc) is 2.57. The van der Waals surface area contributed by atoms with E-state index in [4.69, 9.17) is 0 Å². The molecule has 0 spiro atoms. The van der Waals surface area contributed by atoms with E-state index in [2.05, 4.69) is 27.8 Å². The first-order chi connectivity index (χ1) is 7.16. The minimum absolute atomic E-state index is 0.140. The molecule has 2 rings (SSSR count). The molecule has 1 N–H and O–H groups in total. The van der Waals surface area contributed by atoms with Crippen LogP contribution in [0.2, 0.25) is 0 Å². The summed E-state index contributed by atoms with van der Waals surface area (Å²) in [5.41, 5.74) is 2.36. The second-order valence-electron chi connectivity index (χ2n) is 3.83. The predicted molar refractivity (Wildman–Crippen MR) is 63.5 cm³/mol. The molecule has 0 radical (unpaired) electrons. The lowest BCUT2D eigenvalue weighted by molar-refractivity contribution is 0.562. The molecule has 80 valence electrons. The van der Waals surface area contributed by atoms with Gasteiger partial charge in [0.1, 0.15) is 5.82 Å². The van der Waals surface area contributed by atoms with Crippen molar-refractivity contribution in [1.29, 1.82) is 0 Å². The predicted octanol–water partition coefficient (Wildman–Crippen LogP) is 3.31. The maximum Gasteiger partial charge on any atom is 0.123 e. The van der Waals surface area contributed by atoms with Gasteiger partial charge in [-0.25, -0.2) is 4.39 Å². The third kappa shape index (κ3) is 2.47. The van der Waals surface area contributed by atoms with E-state index in [0.717, 1.165) is 29.4 Å². The van der Waals surface area contributed by atoms with E-state index in [-0.39, 0.29) is 5.82 Å². The van der Waals surface area contributed by atoms with Crippen LogP contribution in [0, 0.1) is 5.82 Å².